The van der Waals surface area contributed by atoms with E-state index in [2.05, 4.69) is 37.5 Å². The zero-order valence-corrected chi connectivity index (χ0v) is 15.2. The van der Waals surface area contributed by atoms with Crippen molar-refractivity contribution in [2.24, 2.45) is 4.99 Å². The van der Waals surface area contributed by atoms with E-state index in [4.69, 9.17) is 6.42 Å². The van der Waals surface area contributed by atoms with Crippen LogP contribution in [-0.2, 0) is 6.42 Å². The Labute approximate surface area is 145 Å². The Bertz CT molecular complexity index is 486. The van der Waals surface area contributed by atoms with E-state index < -0.39 is 0 Å². The minimum absolute atomic E-state index is 0. The molecule has 0 spiro atoms. The van der Waals surface area contributed by atoms with Crippen LogP contribution in [0.1, 0.15) is 12.0 Å². The molecule has 1 aromatic carbocycles. The molecule has 20 heavy (non-hydrogen) atoms. The fraction of sp³-hybridized carbons (Fsp3) is 0.357. The summed E-state index contributed by atoms with van der Waals surface area (Å²) in [6.07, 6.45) is 6.64. The Morgan fingerprint density at radius 3 is 2.80 bits per heavy atom. The molecular formula is C14H18BrFIN3. The number of hydrogen-bond acceptors (Lipinski definition) is 1. The minimum atomic E-state index is -0.177. The molecule has 0 aliphatic heterocycles. The molecule has 0 aromatic heterocycles. The second-order valence-electron chi connectivity index (χ2n) is 3.90. The first-order valence-corrected chi connectivity index (χ1v) is 6.78. The van der Waals surface area contributed by atoms with E-state index in [0.717, 1.165) is 16.5 Å². The molecule has 0 bridgehead atoms. The van der Waals surface area contributed by atoms with Crippen LogP contribution in [0.2, 0.25) is 0 Å². The second kappa shape index (κ2) is 10.9. The van der Waals surface area contributed by atoms with Crippen molar-refractivity contribution in [1.29, 1.82) is 0 Å². The molecule has 0 radical (unpaired) electrons. The van der Waals surface area contributed by atoms with Crippen LogP contribution in [0.15, 0.2) is 27.7 Å². The lowest BCUT2D eigenvalue weighted by Gasteiger charge is -2.10. The summed E-state index contributed by atoms with van der Waals surface area (Å²) in [5.74, 6) is 2.96. The number of aliphatic imine (C=N–C) groups is 1. The van der Waals surface area contributed by atoms with Gasteiger partial charge in [-0.05, 0) is 30.5 Å². The van der Waals surface area contributed by atoms with Gasteiger partial charge in [0.05, 0.1) is 6.54 Å². The minimum Gasteiger partial charge on any atom is -0.356 e. The number of halogens is 3. The first kappa shape index (κ1) is 19.2. The molecule has 0 saturated heterocycles. The van der Waals surface area contributed by atoms with Crippen molar-refractivity contribution in [1.82, 2.24) is 10.6 Å². The van der Waals surface area contributed by atoms with Gasteiger partial charge in [0.2, 0.25) is 0 Å². The fourth-order valence-corrected chi connectivity index (χ4v) is 1.90. The maximum Gasteiger partial charge on any atom is 0.191 e. The van der Waals surface area contributed by atoms with E-state index in [1.54, 1.807) is 13.1 Å². The predicted octanol–water partition coefficient (Wildman–Crippen LogP) is 2.94. The van der Waals surface area contributed by atoms with E-state index in [1.807, 2.05) is 6.07 Å². The first-order valence-electron chi connectivity index (χ1n) is 5.99. The molecule has 0 unspecified atom stereocenters. The number of aryl methyl sites for hydroxylation is 1. The number of guanidine groups is 1. The van der Waals surface area contributed by atoms with Crippen molar-refractivity contribution in [3.05, 3.63) is 34.1 Å². The van der Waals surface area contributed by atoms with Crippen LogP contribution >= 0.6 is 39.9 Å². The maximum atomic E-state index is 13.6. The fourth-order valence-electron chi connectivity index (χ4n) is 1.57. The first-order chi connectivity index (χ1) is 9.17. The summed E-state index contributed by atoms with van der Waals surface area (Å²) in [6, 6.07) is 5.13. The van der Waals surface area contributed by atoms with Gasteiger partial charge in [-0.3, -0.25) is 4.99 Å². The third-order valence-electron chi connectivity index (χ3n) is 2.51. The predicted molar refractivity (Wildman–Crippen MR) is 96.0 cm³/mol. The molecule has 0 atom stereocenters. The quantitative estimate of drug-likeness (QED) is 0.236. The number of nitrogens with zero attached hydrogens (tertiary/aromatic N) is 1. The summed E-state index contributed by atoms with van der Waals surface area (Å²) < 4.78 is 14.3. The summed E-state index contributed by atoms with van der Waals surface area (Å²) in [6.45, 7) is 1.14. The largest absolute Gasteiger partial charge is 0.356 e. The normalized spacial score (nSPS) is 10.4. The van der Waals surface area contributed by atoms with Crippen molar-refractivity contribution in [2.75, 3.05) is 20.1 Å². The molecule has 0 fully saturated rings. The summed E-state index contributed by atoms with van der Waals surface area (Å²) in [7, 11) is 1.68. The van der Waals surface area contributed by atoms with Gasteiger partial charge in [-0.1, -0.05) is 27.9 Å². The second-order valence-corrected chi connectivity index (χ2v) is 4.81. The zero-order valence-electron chi connectivity index (χ0n) is 11.2. The summed E-state index contributed by atoms with van der Waals surface area (Å²) >= 11 is 3.24. The SMILES string of the molecule is C#CCNC(=NC)NCCCc1ccc(Br)cc1F.I. The van der Waals surface area contributed by atoms with Crippen molar-refractivity contribution in [3.8, 4) is 12.3 Å². The van der Waals surface area contributed by atoms with Gasteiger partial charge in [0.1, 0.15) is 5.82 Å². The van der Waals surface area contributed by atoms with Crippen LogP contribution < -0.4 is 10.6 Å². The third kappa shape index (κ3) is 7.10. The van der Waals surface area contributed by atoms with Gasteiger partial charge < -0.3 is 10.6 Å². The molecule has 1 rings (SSSR count). The Morgan fingerprint density at radius 2 is 2.20 bits per heavy atom. The lowest BCUT2D eigenvalue weighted by atomic mass is 10.1. The molecule has 0 aliphatic rings. The number of hydrogen-bond donors (Lipinski definition) is 2. The molecule has 2 N–H and O–H groups in total. The van der Waals surface area contributed by atoms with Gasteiger partial charge >= 0.3 is 0 Å². The van der Waals surface area contributed by atoms with Gasteiger partial charge in [-0.15, -0.1) is 30.4 Å². The average molecular weight is 454 g/mol. The molecule has 3 nitrogen and oxygen atoms in total. The number of benzene rings is 1. The molecule has 0 amide bonds. The van der Waals surface area contributed by atoms with Crippen LogP contribution in [0.25, 0.3) is 0 Å². The Hall–Kier alpha value is -0.810. The van der Waals surface area contributed by atoms with E-state index in [9.17, 15) is 4.39 Å². The lowest BCUT2D eigenvalue weighted by molar-refractivity contribution is 0.602. The van der Waals surface area contributed by atoms with E-state index in [-0.39, 0.29) is 29.8 Å². The average Bonchev–Trinajstić information content (AvgIpc) is 2.40. The van der Waals surface area contributed by atoms with Gasteiger partial charge in [0.15, 0.2) is 5.96 Å². The van der Waals surface area contributed by atoms with Crippen LogP contribution in [0.5, 0.6) is 0 Å². The highest BCUT2D eigenvalue weighted by Crippen LogP contribution is 2.16. The topological polar surface area (TPSA) is 36.4 Å². The van der Waals surface area contributed by atoms with Crippen molar-refractivity contribution in [2.45, 2.75) is 12.8 Å². The van der Waals surface area contributed by atoms with Gasteiger partial charge in [0, 0.05) is 18.1 Å². The highest BCUT2D eigenvalue weighted by atomic mass is 127. The Balaban J connectivity index is 0.00000361. The van der Waals surface area contributed by atoms with Crippen LogP contribution in [0.4, 0.5) is 4.39 Å². The van der Waals surface area contributed by atoms with E-state index >= 15 is 0 Å². The molecular weight excluding hydrogens is 436 g/mol. The monoisotopic (exact) mass is 453 g/mol. The van der Waals surface area contributed by atoms with Gasteiger partial charge in [-0.2, -0.15) is 0 Å². The zero-order chi connectivity index (χ0) is 14.1. The highest BCUT2D eigenvalue weighted by molar-refractivity contribution is 14.0. The molecule has 0 saturated carbocycles. The summed E-state index contributed by atoms with van der Waals surface area (Å²) in [5, 5.41) is 6.08. The van der Waals surface area contributed by atoms with Gasteiger partial charge in [-0.25, -0.2) is 4.39 Å². The molecule has 0 aliphatic carbocycles. The number of nitrogens with one attached hydrogen (secondary N) is 2. The molecule has 110 valence electrons. The van der Waals surface area contributed by atoms with Crippen molar-refractivity contribution < 1.29 is 4.39 Å². The van der Waals surface area contributed by atoms with Gasteiger partial charge in [0.25, 0.3) is 0 Å². The molecule has 0 heterocycles. The number of rotatable bonds is 5. The van der Waals surface area contributed by atoms with Crippen LogP contribution in [0.3, 0.4) is 0 Å². The summed E-state index contributed by atoms with van der Waals surface area (Å²) in [5.41, 5.74) is 0.719. The van der Waals surface area contributed by atoms with Crippen LogP contribution in [-0.4, -0.2) is 26.1 Å². The van der Waals surface area contributed by atoms with Crippen LogP contribution in [0, 0.1) is 18.2 Å². The van der Waals surface area contributed by atoms with E-state index in [1.165, 1.54) is 6.07 Å². The number of terminal acetylenes is 1. The lowest BCUT2D eigenvalue weighted by Crippen LogP contribution is -2.37. The van der Waals surface area contributed by atoms with Crippen molar-refractivity contribution >= 4 is 45.9 Å². The Kier molecular flexibility index (Phi) is 10.5. The summed E-state index contributed by atoms with van der Waals surface area (Å²) in [4.78, 5) is 4.02. The third-order valence-corrected chi connectivity index (χ3v) is 3.01. The Morgan fingerprint density at radius 1 is 1.45 bits per heavy atom. The van der Waals surface area contributed by atoms with Crippen molar-refractivity contribution in [3.63, 3.8) is 0 Å². The smallest absolute Gasteiger partial charge is 0.191 e. The molecule has 6 heteroatoms. The maximum absolute atomic E-state index is 13.6. The molecule has 1 aromatic rings. The standard InChI is InChI=1S/C14H17BrFN3.HI/c1-3-8-18-14(17-2)19-9-4-5-11-6-7-12(15)10-13(11)16;/h1,6-7,10H,4-5,8-9H2,2H3,(H2,17,18,19);1H. The van der Waals surface area contributed by atoms with E-state index in [0.29, 0.717) is 25.5 Å². The highest BCUT2D eigenvalue weighted by Gasteiger charge is 2.02.